The first-order chi connectivity index (χ1) is 9.24. The summed E-state index contributed by atoms with van der Waals surface area (Å²) in [6, 6.07) is 3.73. The summed E-state index contributed by atoms with van der Waals surface area (Å²) in [7, 11) is 0. The largest absolute Gasteiger partial charge is 0.481 e. The maximum atomic E-state index is 10.7. The zero-order valence-corrected chi connectivity index (χ0v) is 9.89. The van der Waals surface area contributed by atoms with Crippen LogP contribution in [-0.4, -0.2) is 30.4 Å². The molecule has 0 saturated carbocycles. The Bertz CT molecular complexity index is 737. The lowest BCUT2D eigenvalue weighted by Gasteiger charge is -2.01. The summed E-state index contributed by atoms with van der Waals surface area (Å²) in [5, 5.41) is 8.81. The van der Waals surface area contributed by atoms with Gasteiger partial charge in [-0.15, -0.1) is 0 Å². The minimum Gasteiger partial charge on any atom is -0.481 e. The van der Waals surface area contributed by atoms with Gasteiger partial charge in [0.15, 0.2) is 0 Å². The van der Waals surface area contributed by atoms with Crippen molar-refractivity contribution in [3.63, 3.8) is 0 Å². The highest BCUT2D eigenvalue weighted by Crippen LogP contribution is 2.22. The SMILES string of the molecule is O=C(O)Cc1cn2cncc(-c3ccncc3)c2n1. The van der Waals surface area contributed by atoms with Crippen molar-refractivity contribution in [1.29, 1.82) is 0 Å². The minimum atomic E-state index is -0.901. The molecule has 1 N–H and O–H groups in total. The Kier molecular flexibility index (Phi) is 2.68. The van der Waals surface area contributed by atoms with E-state index in [-0.39, 0.29) is 6.42 Å². The van der Waals surface area contributed by atoms with E-state index in [4.69, 9.17) is 5.11 Å². The number of carboxylic acids is 1. The van der Waals surface area contributed by atoms with Gasteiger partial charge < -0.3 is 5.11 Å². The minimum absolute atomic E-state index is 0.0997. The van der Waals surface area contributed by atoms with E-state index >= 15 is 0 Å². The van der Waals surface area contributed by atoms with Gasteiger partial charge in [0.05, 0.1) is 12.1 Å². The predicted molar refractivity (Wildman–Crippen MR) is 67.6 cm³/mol. The molecule has 0 aliphatic carbocycles. The Hall–Kier alpha value is -2.76. The van der Waals surface area contributed by atoms with Crippen molar-refractivity contribution in [3.8, 4) is 11.1 Å². The van der Waals surface area contributed by atoms with Crippen molar-refractivity contribution in [3.05, 3.63) is 48.9 Å². The van der Waals surface area contributed by atoms with Crippen molar-refractivity contribution in [2.45, 2.75) is 6.42 Å². The molecule has 0 saturated heterocycles. The van der Waals surface area contributed by atoms with Crippen LogP contribution in [0.3, 0.4) is 0 Å². The molecule has 0 atom stereocenters. The number of aromatic nitrogens is 4. The zero-order chi connectivity index (χ0) is 13.2. The second-order valence-electron chi connectivity index (χ2n) is 4.08. The van der Waals surface area contributed by atoms with E-state index in [0.29, 0.717) is 11.3 Å². The molecule has 0 aliphatic heterocycles. The second-order valence-corrected chi connectivity index (χ2v) is 4.08. The molecule has 6 nitrogen and oxygen atoms in total. The van der Waals surface area contributed by atoms with Gasteiger partial charge in [-0.1, -0.05) is 0 Å². The smallest absolute Gasteiger partial charge is 0.309 e. The number of rotatable bonds is 3. The summed E-state index contributed by atoms with van der Waals surface area (Å²) in [6.07, 6.45) is 8.29. The van der Waals surface area contributed by atoms with E-state index in [1.807, 2.05) is 12.1 Å². The molecular weight excluding hydrogens is 244 g/mol. The molecule has 3 rings (SSSR count). The Morgan fingerprint density at radius 1 is 1.26 bits per heavy atom. The fraction of sp³-hybridized carbons (Fsp3) is 0.0769. The molecule has 0 unspecified atom stereocenters. The first-order valence-electron chi connectivity index (χ1n) is 5.68. The van der Waals surface area contributed by atoms with E-state index < -0.39 is 5.97 Å². The molecule has 0 aromatic carbocycles. The first kappa shape index (κ1) is 11.3. The molecule has 19 heavy (non-hydrogen) atoms. The molecular formula is C13H10N4O2. The number of hydrogen-bond acceptors (Lipinski definition) is 4. The molecule has 0 spiro atoms. The molecule has 3 heterocycles. The molecule has 0 amide bonds. The van der Waals surface area contributed by atoms with Crippen LogP contribution in [0.4, 0.5) is 0 Å². The lowest BCUT2D eigenvalue weighted by molar-refractivity contribution is -0.136. The molecule has 0 bridgehead atoms. The normalized spacial score (nSPS) is 10.7. The van der Waals surface area contributed by atoms with Gasteiger partial charge in [-0.3, -0.25) is 14.2 Å². The van der Waals surface area contributed by atoms with Crippen LogP contribution in [-0.2, 0) is 11.2 Å². The van der Waals surface area contributed by atoms with E-state index in [1.165, 1.54) is 0 Å². The second kappa shape index (κ2) is 4.49. The van der Waals surface area contributed by atoms with Crippen LogP contribution < -0.4 is 0 Å². The summed E-state index contributed by atoms with van der Waals surface area (Å²) >= 11 is 0. The lowest BCUT2D eigenvalue weighted by atomic mass is 10.1. The number of hydrogen-bond donors (Lipinski definition) is 1. The van der Waals surface area contributed by atoms with Crippen LogP contribution in [0.25, 0.3) is 16.8 Å². The Morgan fingerprint density at radius 2 is 2.05 bits per heavy atom. The summed E-state index contributed by atoms with van der Waals surface area (Å²) in [6.45, 7) is 0. The number of carboxylic acid groups (broad SMARTS) is 1. The molecule has 3 aromatic rings. The Balaban J connectivity index is 2.15. The molecule has 0 aliphatic rings. The maximum absolute atomic E-state index is 10.7. The lowest BCUT2D eigenvalue weighted by Crippen LogP contribution is -1.99. The predicted octanol–water partition coefficient (Wildman–Crippen LogP) is 1.42. The van der Waals surface area contributed by atoms with Crippen molar-refractivity contribution >= 4 is 11.6 Å². The fourth-order valence-corrected chi connectivity index (χ4v) is 1.94. The number of imidazole rings is 1. The van der Waals surface area contributed by atoms with Gasteiger partial charge in [0.1, 0.15) is 12.0 Å². The molecule has 0 fully saturated rings. The quantitative estimate of drug-likeness (QED) is 0.764. The summed E-state index contributed by atoms with van der Waals surface area (Å²) in [4.78, 5) is 23.2. The molecule has 94 valence electrons. The van der Waals surface area contributed by atoms with Gasteiger partial charge in [-0.2, -0.15) is 0 Å². The van der Waals surface area contributed by atoms with E-state index in [9.17, 15) is 4.79 Å². The number of fused-ring (bicyclic) bond motifs is 1. The Morgan fingerprint density at radius 3 is 2.79 bits per heavy atom. The van der Waals surface area contributed by atoms with Crippen LogP contribution >= 0.6 is 0 Å². The van der Waals surface area contributed by atoms with Crippen molar-refractivity contribution in [2.75, 3.05) is 0 Å². The van der Waals surface area contributed by atoms with Crippen LogP contribution in [0.1, 0.15) is 5.69 Å². The summed E-state index contributed by atoms with van der Waals surface area (Å²) < 4.78 is 1.73. The van der Waals surface area contributed by atoms with Gasteiger partial charge >= 0.3 is 5.97 Å². The number of pyridine rings is 1. The standard InChI is InChI=1S/C13H10N4O2/c18-12(19)5-10-7-17-8-15-6-11(13(17)16-10)9-1-3-14-4-2-9/h1-4,6-8H,5H2,(H,18,19). The fourth-order valence-electron chi connectivity index (χ4n) is 1.94. The van der Waals surface area contributed by atoms with Gasteiger partial charge in [-0.05, 0) is 17.7 Å². The van der Waals surface area contributed by atoms with E-state index in [0.717, 1.165) is 11.1 Å². The van der Waals surface area contributed by atoms with Crippen LogP contribution in [0.15, 0.2) is 43.2 Å². The Labute approximate surface area is 108 Å². The highest BCUT2D eigenvalue weighted by molar-refractivity contribution is 5.77. The van der Waals surface area contributed by atoms with Crippen LogP contribution in [0.2, 0.25) is 0 Å². The third-order valence-electron chi connectivity index (χ3n) is 2.74. The highest BCUT2D eigenvalue weighted by atomic mass is 16.4. The van der Waals surface area contributed by atoms with Crippen LogP contribution in [0.5, 0.6) is 0 Å². The van der Waals surface area contributed by atoms with Gasteiger partial charge in [0, 0.05) is 30.4 Å². The molecule has 0 radical (unpaired) electrons. The highest BCUT2D eigenvalue weighted by Gasteiger charge is 2.10. The summed E-state index contributed by atoms with van der Waals surface area (Å²) in [5.74, 6) is -0.901. The number of nitrogens with zero attached hydrogens (tertiary/aromatic N) is 4. The van der Waals surface area contributed by atoms with Crippen molar-refractivity contribution in [1.82, 2.24) is 19.4 Å². The van der Waals surface area contributed by atoms with Gasteiger partial charge in [-0.25, -0.2) is 9.97 Å². The van der Waals surface area contributed by atoms with Gasteiger partial charge in [0.2, 0.25) is 0 Å². The maximum Gasteiger partial charge on any atom is 0.309 e. The summed E-state index contributed by atoms with van der Waals surface area (Å²) in [5.41, 5.74) is 3.00. The number of aliphatic carboxylic acids is 1. The average Bonchev–Trinajstić information content (AvgIpc) is 2.80. The van der Waals surface area contributed by atoms with Crippen molar-refractivity contribution in [2.24, 2.45) is 0 Å². The van der Waals surface area contributed by atoms with E-state index in [2.05, 4.69) is 15.0 Å². The first-order valence-corrected chi connectivity index (χ1v) is 5.68. The monoisotopic (exact) mass is 254 g/mol. The topological polar surface area (TPSA) is 80.4 Å². The molecule has 3 aromatic heterocycles. The zero-order valence-electron chi connectivity index (χ0n) is 9.89. The van der Waals surface area contributed by atoms with Gasteiger partial charge in [0.25, 0.3) is 0 Å². The third-order valence-corrected chi connectivity index (χ3v) is 2.74. The van der Waals surface area contributed by atoms with E-state index in [1.54, 1.807) is 35.5 Å². The van der Waals surface area contributed by atoms with Crippen molar-refractivity contribution < 1.29 is 9.90 Å². The van der Waals surface area contributed by atoms with Crippen LogP contribution in [0, 0.1) is 0 Å². The number of carbonyl (C=O) groups is 1. The third kappa shape index (κ3) is 2.15. The average molecular weight is 254 g/mol. The molecule has 6 heteroatoms.